The molecule has 2 aromatic rings. The van der Waals surface area contributed by atoms with Gasteiger partial charge in [-0.2, -0.15) is 0 Å². The largest absolute Gasteiger partial charge is 0.493 e. The van der Waals surface area contributed by atoms with Gasteiger partial charge in [0.1, 0.15) is 0 Å². The molecule has 1 heterocycles. The van der Waals surface area contributed by atoms with Crippen molar-refractivity contribution in [3.8, 4) is 22.8 Å². The van der Waals surface area contributed by atoms with Crippen LogP contribution in [0.2, 0.25) is 0 Å². The van der Waals surface area contributed by atoms with E-state index in [1.807, 2.05) is 26.0 Å². The molecule has 4 heteroatoms. The number of aromatic amines is 1. The number of hydrogen-bond donors (Lipinski definition) is 1. The van der Waals surface area contributed by atoms with Gasteiger partial charge in [-0.3, -0.25) is 4.79 Å². The lowest BCUT2D eigenvalue weighted by atomic mass is 10.1. The van der Waals surface area contributed by atoms with E-state index < -0.39 is 0 Å². The van der Waals surface area contributed by atoms with Gasteiger partial charge in [0.2, 0.25) is 0 Å². The second kappa shape index (κ2) is 5.18. The normalized spacial score (nSPS) is 10.3. The lowest BCUT2D eigenvalue weighted by molar-refractivity contribution is 0.356. The minimum Gasteiger partial charge on any atom is -0.493 e. The molecule has 1 aromatic heterocycles. The molecular formula is C15H17NO3. The zero-order chi connectivity index (χ0) is 14.0. The summed E-state index contributed by atoms with van der Waals surface area (Å²) < 4.78 is 10.7. The second-order valence-corrected chi connectivity index (χ2v) is 4.46. The molecule has 4 nitrogen and oxygen atoms in total. The summed E-state index contributed by atoms with van der Waals surface area (Å²) in [5.41, 5.74) is 3.36. The summed E-state index contributed by atoms with van der Waals surface area (Å²) in [5.74, 6) is 1.27. The van der Waals surface area contributed by atoms with Crippen LogP contribution in [-0.2, 0) is 0 Å². The van der Waals surface area contributed by atoms with Gasteiger partial charge >= 0.3 is 0 Å². The van der Waals surface area contributed by atoms with Crippen molar-refractivity contribution in [1.29, 1.82) is 0 Å². The highest BCUT2D eigenvalue weighted by Crippen LogP contribution is 2.38. The van der Waals surface area contributed by atoms with Gasteiger partial charge in [0.15, 0.2) is 16.9 Å². The third-order valence-electron chi connectivity index (χ3n) is 2.89. The van der Waals surface area contributed by atoms with Gasteiger partial charge in [-0.1, -0.05) is 0 Å². The molecule has 0 aliphatic carbocycles. The first-order chi connectivity index (χ1) is 9.05. The highest BCUT2D eigenvalue weighted by atomic mass is 16.5. The molecule has 1 aromatic carbocycles. The Balaban J connectivity index is 2.73. The molecule has 0 radical (unpaired) electrons. The number of benzene rings is 1. The van der Waals surface area contributed by atoms with Gasteiger partial charge in [-0.25, -0.2) is 0 Å². The lowest BCUT2D eigenvalue weighted by Gasteiger charge is -2.14. The fourth-order valence-electron chi connectivity index (χ4n) is 2.13. The van der Waals surface area contributed by atoms with Crippen molar-refractivity contribution in [3.05, 3.63) is 45.7 Å². The smallest absolute Gasteiger partial charge is 0.182 e. The van der Waals surface area contributed by atoms with Crippen LogP contribution in [0.5, 0.6) is 11.5 Å². The zero-order valence-electron chi connectivity index (χ0n) is 11.5. The summed E-state index contributed by atoms with van der Waals surface area (Å²) in [7, 11) is 3.19. The van der Waals surface area contributed by atoms with Crippen molar-refractivity contribution in [1.82, 2.24) is 4.98 Å². The number of H-pyrrole nitrogens is 1. The maximum absolute atomic E-state index is 11.6. The summed E-state index contributed by atoms with van der Waals surface area (Å²) in [5, 5.41) is 0. The molecule has 100 valence electrons. The first-order valence-corrected chi connectivity index (χ1v) is 5.99. The molecule has 0 atom stereocenters. The molecule has 0 aliphatic rings. The molecular weight excluding hydrogens is 242 g/mol. The molecule has 0 saturated heterocycles. The molecule has 0 aliphatic heterocycles. The maximum Gasteiger partial charge on any atom is 0.182 e. The third kappa shape index (κ3) is 2.62. The van der Waals surface area contributed by atoms with E-state index >= 15 is 0 Å². The van der Waals surface area contributed by atoms with Gasteiger partial charge in [-0.05, 0) is 31.5 Å². The molecule has 0 spiro atoms. The van der Waals surface area contributed by atoms with E-state index in [9.17, 15) is 4.79 Å². The van der Waals surface area contributed by atoms with E-state index in [4.69, 9.17) is 9.47 Å². The van der Waals surface area contributed by atoms with Crippen LogP contribution in [0.15, 0.2) is 29.1 Å². The fraction of sp³-hybridized carbons (Fsp3) is 0.267. The SMILES string of the molecule is COc1cc(C)cc(-c2cc(=O)cc(C)[nH]2)c1OC. The zero-order valence-corrected chi connectivity index (χ0v) is 11.5. The van der Waals surface area contributed by atoms with E-state index in [0.717, 1.165) is 22.5 Å². The Labute approximate surface area is 112 Å². The van der Waals surface area contributed by atoms with Gasteiger partial charge in [-0.15, -0.1) is 0 Å². The van der Waals surface area contributed by atoms with Crippen LogP contribution in [0.1, 0.15) is 11.3 Å². The number of methoxy groups -OCH3 is 2. The van der Waals surface area contributed by atoms with Crippen LogP contribution < -0.4 is 14.9 Å². The van der Waals surface area contributed by atoms with Gasteiger partial charge < -0.3 is 14.5 Å². The molecule has 2 rings (SSSR count). The standard InChI is InChI=1S/C15H17NO3/c1-9-5-12(15(19-4)14(6-9)18-3)13-8-11(17)7-10(2)16-13/h5-8H,1-4H3,(H,16,17). The Morgan fingerprint density at radius 1 is 1.00 bits per heavy atom. The van der Waals surface area contributed by atoms with E-state index in [1.54, 1.807) is 26.4 Å². The number of ether oxygens (including phenoxy) is 2. The second-order valence-electron chi connectivity index (χ2n) is 4.46. The highest BCUT2D eigenvalue weighted by Gasteiger charge is 2.14. The van der Waals surface area contributed by atoms with Crippen LogP contribution in [0.25, 0.3) is 11.3 Å². The highest BCUT2D eigenvalue weighted by molar-refractivity contribution is 5.72. The summed E-state index contributed by atoms with van der Waals surface area (Å²) >= 11 is 0. The van der Waals surface area contributed by atoms with Crippen LogP contribution in [0.3, 0.4) is 0 Å². The van der Waals surface area contributed by atoms with Gasteiger partial charge in [0.25, 0.3) is 0 Å². The molecule has 0 bridgehead atoms. The first-order valence-electron chi connectivity index (χ1n) is 5.99. The van der Waals surface area contributed by atoms with Crippen LogP contribution in [0, 0.1) is 13.8 Å². The Hall–Kier alpha value is -2.23. The van der Waals surface area contributed by atoms with E-state index in [-0.39, 0.29) is 5.43 Å². The number of pyridine rings is 1. The summed E-state index contributed by atoms with van der Waals surface area (Å²) in [6, 6.07) is 6.98. The number of nitrogens with one attached hydrogen (secondary N) is 1. The fourth-order valence-corrected chi connectivity index (χ4v) is 2.13. The average molecular weight is 259 g/mol. The third-order valence-corrected chi connectivity index (χ3v) is 2.89. The molecule has 0 amide bonds. The van der Waals surface area contributed by atoms with Gasteiger partial charge in [0.05, 0.1) is 19.9 Å². The van der Waals surface area contributed by atoms with Crippen molar-refractivity contribution >= 4 is 0 Å². The van der Waals surface area contributed by atoms with Crippen LogP contribution in [-0.4, -0.2) is 19.2 Å². The molecule has 19 heavy (non-hydrogen) atoms. The minimum absolute atomic E-state index is 0.0335. The number of hydrogen-bond acceptors (Lipinski definition) is 3. The van der Waals surface area contributed by atoms with Crippen molar-refractivity contribution in [2.24, 2.45) is 0 Å². The maximum atomic E-state index is 11.6. The first kappa shape index (κ1) is 13.2. The van der Waals surface area contributed by atoms with Crippen molar-refractivity contribution in [2.75, 3.05) is 14.2 Å². The number of aryl methyl sites for hydroxylation is 2. The van der Waals surface area contributed by atoms with E-state index in [1.165, 1.54) is 0 Å². The number of rotatable bonds is 3. The van der Waals surface area contributed by atoms with Crippen molar-refractivity contribution in [2.45, 2.75) is 13.8 Å². The average Bonchev–Trinajstić information content (AvgIpc) is 2.36. The summed E-state index contributed by atoms with van der Waals surface area (Å²) in [6.07, 6.45) is 0. The monoisotopic (exact) mass is 259 g/mol. The predicted octanol–water partition coefficient (Wildman–Crippen LogP) is 2.68. The minimum atomic E-state index is -0.0335. The van der Waals surface area contributed by atoms with E-state index in [0.29, 0.717) is 11.5 Å². The number of aromatic nitrogens is 1. The molecule has 0 saturated carbocycles. The van der Waals surface area contributed by atoms with E-state index in [2.05, 4.69) is 4.98 Å². The Bertz CT molecular complexity index is 659. The topological polar surface area (TPSA) is 51.3 Å². The molecule has 1 N–H and O–H groups in total. The summed E-state index contributed by atoms with van der Waals surface area (Å²) in [4.78, 5) is 14.8. The Kier molecular flexibility index (Phi) is 3.60. The predicted molar refractivity (Wildman–Crippen MR) is 75.1 cm³/mol. The van der Waals surface area contributed by atoms with Crippen LogP contribution >= 0.6 is 0 Å². The lowest BCUT2D eigenvalue weighted by Crippen LogP contribution is -2.03. The van der Waals surface area contributed by atoms with Gasteiger partial charge in [0, 0.05) is 23.4 Å². The molecule has 0 unspecified atom stereocenters. The van der Waals surface area contributed by atoms with Crippen molar-refractivity contribution in [3.63, 3.8) is 0 Å². The quantitative estimate of drug-likeness (QED) is 0.922. The Morgan fingerprint density at radius 3 is 2.32 bits per heavy atom. The Morgan fingerprint density at radius 2 is 1.74 bits per heavy atom. The van der Waals surface area contributed by atoms with Crippen LogP contribution in [0.4, 0.5) is 0 Å². The summed E-state index contributed by atoms with van der Waals surface area (Å²) in [6.45, 7) is 3.82. The molecule has 0 fully saturated rings. The van der Waals surface area contributed by atoms with Crippen molar-refractivity contribution < 1.29 is 9.47 Å².